The van der Waals surface area contributed by atoms with Gasteiger partial charge in [0, 0.05) is 43.1 Å². The number of ether oxygens (including phenoxy) is 5. The minimum atomic E-state index is -1.11. The van der Waals surface area contributed by atoms with Crippen molar-refractivity contribution in [2.75, 3.05) is 9.80 Å². The zero-order chi connectivity index (χ0) is 97.9. The fraction of sp³-hybridized carbons (Fsp3) is 0.222. The number of hydrogen-bond donors (Lipinski definition) is 1. The summed E-state index contributed by atoms with van der Waals surface area (Å²) in [4.78, 5) is 93.1. The van der Waals surface area contributed by atoms with Gasteiger partial charge in [0.05, 0.1) is 39.2 Å². The van der Waals surface area contributed by atoms with E-state index in [9.17, 15) is 14.7 Å². The average Bonchev–Trinajstić information content (AvgIpc) is 1.29. The van der Waals surface area contributed by atoms with Crippen LogP contribution < -0.4 is 33.5 Å². The van der Waals surface area contributed by atoms with Gasteiger partial charge in [-0.15, -0.1) is 0 Å². The van der Waals surface area contributed by atoms with Crippen molar-refractivity contribution in [1.29, 1.82) is 0 Å². The summed E-state index contributed by atoms with van der Waals surface area (Å²) < 4.78 is 35.0. The fourth-order valence-electron chi connectivity index (χ4n) is 22.6. The van der Waals surface area contributed by atoms with Gasteiger partial charge in [0.1, 0.15) is 51.7 Å². The molecule has 0 unspecified atom stereocenters. The number of carbonyl (C=O) groups is 6. The van der Waals surface area contributed by atoms with Crippen LogP contribution in [0.3, 0.4) is 0 Å². The van der Waals surface area contributed by atoms with Gasteiger partial charge in [0.2, 0.25) is 0 Å². The molecule has 14 heteroatoms. The second kappa shape index (κ2) is 31.2. The minimum absolute atomic E-state index is 0.0705. The van der Waals surface area contributed by atoms with Crippen molar-refractivity contribution in [2.45, 2.75) is 184 Å². The van der Waals surface area contributed by atoms with E-state index < -0.39 is 29.6 Å². The SMILES string of the molecule is CC(C)c1cc(OC=O)cc(C(C)C)c1N1C(=O)c2cc(Oc3ccc(C(C)(C)C)cc3)c3c4ccc5c6cc7ccc8cc9c(cc8ccc7cc6c6ccc(c7c(Oc8ccc(C(C)(C)C)cc8)cc(c2c37)C1=O)c4c56)c1ccc2c3c(Oc4ccc(C(C)(C)C)cc4)cc4c5c(cc(Oc6ccc(C(C)(C)C)cc6)c(c6ccc9c1c62)c53)C(=O)N(c1c(C(C)C)cc(C(=O)O)cc1C(C)C)C4=O. The van der Waals surface area contributed by atoms with E-state index in [4.69, 9.17) is 23.7 Å². The van der Waals surface area contributed by atoms with Crippen molar-refractivity contribution in [1.82, 2.24) is 0 Å². The van der Waals surface area contributed by atoms with E-state index in [0.29, 0.717) is 124 Å². The third-order valence-electron chi connectivity index (χ3n) is 29.8. The van der Waals surface area contributed by atoms with E-state index in [0.717, 1.165) is 141 Å². The summed E-state index contributed by atoms with van der Waals surface area (Å²) in [5.41, 5.74) is 8.24. The van der Waals surface area contributed by atoms with E-state index in [1.807, 2.05) is 128 Å². The van der Waals surface area contributed by atoms with Crippen molar-refractivity contribution in [3.05, 3.63) is 315 Å². The molecule has 23 rings (SSSR count). The quantitative estimate of drug-likeness (QED) is 0.0396. The van der Waals surface area contributed by atoms with Crippen molar-refractivity contribution in [3.8, 4) is 51.7 Å². The number of nitrogens with zero attached hydrogens (tertiary/aromatic N) is 2. The molecule has 0 fully saturated rings. The van der Waals surface area contributed by atoms with Crippen LogP contribution in [0.5, 0.6) is 51.7 Å². The Balaban J connectivity index is 0.731. The van der Waals surface area contributed by atoms with Gasteiger partial charge in [-0.3, -0.25) is 24.0 Å². The van der Waals surface area contributed by atoms with Crippen LogP contribution in [0.25, 0.3) is 151 Å². The van der Waals surface area contributed by atoms with Gasteiger partial charge in [0.15, 0.2) is 0 Å². The smallest absolute Gasteiger partial charge is 0.335 e. The molecule has 2 aliphatic heterocycles. The zero-order valence-electron chi connectivity index (χ0n) is 82.3. The lowest BCUT2D eigenvalue weighted by atomic mass is 9.82. The molecule has 2 aliphatic rings. The highest BCUT2D eigenvalue weighted by Gasteiger charge is 2.45. The molecule has 1 N–H and O–H groups in total. The van der Waals surface area contributed by atoms with Crippen molar-refractivity contribution in [2.24, 2.45) is 0 Å². The van der Waals surface area contributed by atoms with E-state index in [1.54, 1.807) is 24.3 Å². The lowest BCUT2D eigenvalue weighted by molar-refractivity contribution is -0.120. The van der Waals surface area contributed by atoms with Crippen LogP contribution in [0.1, 0.15) is 258 Å². The van der Waals surface area contributed by atoms with Gasteiger partial charge in [-0.25, -0.2) is 14.6 Å². The highest BCUT2D eigenvalue weighted by atomic mass is 16.5. The standard InChI is InChI=1S/C126H106N2O12/c1-62(2)88-53-70(122(134)135)54-89(63(3)4)116(88)127-118(130)96-57-100(137-75-33-25-71(26-34-75)123(9,10)11)110-84-45-41-80-92-49-66-21-23-68-51-94-82-43-47-86-107-87(48-44-83(105(82)107)95(94)52-69(68)24-22-67(66)50-93(92)81-42-46-85(106(84)104(80)81)111-101(58-97(119(127)131)108(96)114(110)111)138-76-35-27-72(28-36-76)124(12,13)14)113-103(140-78-39-31-74(32-40-78)126(18,19)20)60-99-109-98(59-102(112(86)115(109)113)139-77-37-29-73(30-38-77)125(15,16)17)120(132)128(121(99)133)117-90(64(5)6)55-79(136-61-129)56-91(117)65(7)8/h21-65H,1-20H3,(H,134,135). The molecular formula is C126H106N2O12. The van der Waals surface area contributed by atoms with Gasteiger partial charge in [-0.05, 0) is 319 Å². The fourth-order valence-corrected chi connectivity index (χ4v) is 22.6. The van der Waals surface area contributed by atoms with Crippen LogP contribution in [0.2, 0.25) is 0 Å². The molecule has 0 aliphatic carbocycles. The van der Waals surface area contributed by atoms with Crippen LogP contribution in [-0.4, -0.2) is 41.2 Å². The number of hydrogen-bond acceptors (Lipinski definition) is 11. The highest BCUT2D eigenvalue weighted by molar-refractivity contribution is 6.50. The number of anilines is 2. The first-order chi connectivity index (χ1) is 66.7. The molecule has 0 saturated heterocycles. The number of fused-ring (bicyclic) bond motifs is 12. The first-order valence-electron chi connectivity index (χ1n) is 48.6. The van der Waals surface area contributed by atoms with Crippen LogP contribution >= 0.6 is 0 Å². The third-order valence-corrected chi connectivity index (χ3v) is 29.8. The second-order valence-electron chi connectivity index (χ2n) is 44.0. The van der Waals surface area contributed by atoms with Gasteiger partial charge in [-0.2, -0.15) is 0 Å². The summed E-state index contributed by atoms with van der Waals surface area (Å²) in [6, 6.07) is 82.5. The molecular weight excluding hydrogens is 1730 g/mol. The highest BCUT2D eigenvalue weighted by Crippen LogP contribution is 2.60. The normalized spacial score (nSPS) is 13.7. The van der Waals surface area contributed by atoms with Gasteiger partial charge in [0.25, 0.3) is 30.1 Å². The molecule has 2 heterocycles. The van der Waals surface area contributed by atoms with E-state index >= 15 is 19.2 Å². The second-order valence-corrected chi connectivity index (χ2v) is 44.0. The van der Waals surface area contributed by atoms with Crippen molar-refractivity contribution < 1.29 is 57.6 Å². The number of carbonyl (C=O) groups excluding carboxylic acids is 5. The topological polar surface area (TPSA) is 175 Å². The number of rotatable bonds is 17. The lowest BCUT2D eigenvalue weighted by Crippen LogP contribution is -2.42. The van der Waals surface area contributed by atoms with E-state index in [2.05, 4.69) is 229 Å². The van der Waals surface area contributed by atoms with Crippen LogP contribution in [0.15, 0.2) is 243 Å². The Bertz CT molecular complexity index is 8500. The molecule has 0 spiro atoms. The largest absolute Gasteiger partial charge is 0.478 e. The molecule has 0 saturated carbocycles. The molecule has 21 aromatic rings. The number of imide groups is 2. The minimum Gasteiger partial charge on any atom is -0.478 e. The molecule has 0 bridgehead atoms. The maximum Gasteiger partial charge on any atom is 0.335 e. The molecule has 692 valence electrons. The predicted molar refractivity (Wildman–Crippen MR) is 571 cm³/mol. The molecule has 0 radical (unpaired) electrons. The maximum atomic E-state index is 16.4. The van der Waals surface area contributed by atoms with Crippen molar-refractivity contribution in [3.63, 3.8) is 0 Å². The number of carboxylic acids is 1. The number of carboxylic acid groups (broad SMARTS) is 1. The Hall–Kier alpha value is -15.5. The maximum absolute atomic E-state index is 16.4. The molecule has 21 aromatic carbocycles. The predicted octanol–water partition coefficient (Wildman–Crippen LogP) is 33.8. The van der Waals surface area contributed by atoms with E-state index in [1.165, 1.54) is 9.80 Å². The molecule has 4 amide bonds. The Kier molecular flexibility index (Phi) is 19.7. The van der Waals surface area contributed by atoms with Crippen molar-refractivity contribution >= 4 is 198 Å². The first kappa shape index (κ1) is 88.4. The summed E-state index contributed by atoms with van der Waals surface area (Å²) in [7, 11) is 0. The lowest BCUT2D eigenvalue weighted by Gasteiger charge is -2.34. The number of aromatic carboxylic acids is 1. The number of amides is 4. The monoisotopic (exact) mass is 1840 g/mol. The van der Waals surface area contributed by atoms with Crippen LogP contribution in [0, 0.1) is 0 Å². The Morgan fingerprint density at radius 1 is 0.264 bits per heavy atom. The van der Waals surface area contributed by atoms with E-state index in [-0.39, 0.29) is 73.1 Å². The Labute approximate surface area is 811 Å². The molecule has 0 atom stereocenters. The third kappa shape index (κ3) is 13.5. The Morgan fingerprint density at radius 3 is 0.714 bits per heavy atom. The van der Waals surface area contributed by atoms with Gasteiger partial charge in [-0.1, -0.05) is 260 Å². The van der Waals surface area contributed by atoms with Crippen LogP contribution in [0.4, 0.5) is 11.4 Å². The van der Waals surface area contributed by atoms with Gasteiger partial charge < -0.3 is 28.8 Å². The first-order valence-corrected chi connectivity index (χ1v) is 48.6. The summed E-state index contributed by atoms with van der Waals surface area (Å²) >= 11 is 0. The summed E-state index contributed by atoms with van der Waals surface area (Å²) in [5.74, 6) is -0.0758. The summed E-state index contributed by atoms with van der Waals surface area (Å²) in [5, 5.41) is 35.8. The molecule has 14 nitrogen and oxygen atoms in total. The summed E-state index contributed by atoms with van der Waals surface area (Å²) in [6.45, 7) is 42.3. The van der Waals surface area contributed by atoms with Gasteiger partial charge >= 0.3 is 5.97 Å². The Morgan fingerprint density at radius 2 is 0.493 bits per heavy atom. The zero-order valence-corrected chi connectivity index (χ0v) is 82.3. The molecule has 140 heavy (non-hydrogen) atoms. The summed E-state index contributed by atoms with van der Waals surface area (Å²) in [6.07, 6.45) is 0. The number of benzene rings is 18. The van der Waals surface area contributed by atoms with Crippen LogP contribution in [-0.2, 0) is 26.5 Å². The molecule has 0 aromatic heterocycles. The average molecular weight is 1840 g/mol.